The van der Waals surface area contributed by atoms with Crippen molar-refractivity contribution in [3.8, 4) is 28.5 Å². The fraction of sp³-hybridized carbons (Fsp3) is 0.160. The Morgan fingerprint density at radius 1 is 1.00 bits per heavy atom. The van der Waals surface area contributed by atoms with E-state index < -0.39 is 0 Å². The molecule has 9 heteroatoms. The Morgan fingerprint density at radius 3 is 2.74 bits per heavy atom. The van der Waals surface area contributed by atoms with Crippen molar-refractivity contribution in [2.45, 2.75) is 13.5 Å². The summed E-state index contributed by atoms with van der Waals surface area (Å²) in [6.45, 7) is 2.79. The summed E-state index contributed by atoms with van der Waals surface area (Å²) in [5, 5.41) is 8.70. The highest BCUT2D eigenvalue weighted by atomic mass is 15.2. The summed E-state index contributed by atoms with van der Waals surface area (Å²) in [5.41, 5.74) is 7.60. The Morgan fingerprint density at radius 2 is 1.91 bits per heavy atom. The van der Waals surface area contributed by atoms with E-state index in [1.807, 2.05) is 42.2 Å². The summed E-state index contributed by atoms with van der Waals surface area (Å²) < 4.78 is 1.89. The highest BCUT2D eigenvalue weighted by Gasteiger charge is 2.16. The molecule has 2 N–H and O–H groups in total. The molecule has 0 saturated carbocycles. The Bertz CT molecular complexity index is 1640. The van der Waals surface area contributed by atoms with Gasteiger partial charge in [-0.2, -0.15) is 5.10 Å². The van der Waals surface area contributed by atoms with Crippen molar-refractivity contribution in [1.29, 1.82) is 0 Å². The van der Waals surface area contributed by atoms with Crippen LogP contribution in [0.4, 0.5) is 0 Å². The number of rotatable bonds is 5. The molecule has 5 heterocycles. The first-order valence-corrected chi connectivity index (χ1v) is 11.0. The molecule has 0 aliphatic carbocycles. The van der Waals surface area contributed by atoms with Gasteiger partial charge in [-0.15, -0.1) is 0 Å². The maximum absolute atomic E-state index is 4.87. The molecule has 6 rings (SSSR count). The van der Waals surface area contributed by atoms with Crippen LogP contribution in [0, 0.1) is 6.92 Å². The Hall–Kier alpha value is -4.37. The van der Waals surface area contributed by atoms with Crippen LogP contribution in [-0.4, -0.2) is 58.7 Å². The van der Waals surface area contributed by atoms with Gasteiger partial charge in [-0.3, -0.25) is 14.6 Å². The SMILES string of the molecule is Cc1cn(-c2nccc3[nH]c(-c4n[nH]c5ccc(-c6cncc(CN(C)C)c6)cc45)nc23)cn1. The number of hydrogen-bond donors (Lipinski definition) is 2. The Kier molecular flexibility index (Phi) is 4.70. The van der Waals surface area contributed by atoms with Gasteiger partial charge in [0.1, 0.15) is 17.5 Å². The minimum absolute atomic E-state index is 0.684. The van der Waals surface area contributed by atoms with Gasteiger partial charge in [-0.05, 0) is 56.4 Å². The first-order chi connectivity index (χ1) is 16.5. The second-order valence-corrected chi connectivity index (χ2v) is 8.69. The summed E-state index contributed by atoms with van der Waals surface area (Å²) in [4.78, 5) is 23.7. The Labute approximate surface area is 195 Å². The van der Waals surface area contributed by atoms with E-state index >= 15 is 0 Å². The van der Waals surface area contributed by atoms with Crippen molar-refractivity contribution in [3.05, 3.63) is 72.7 Å². The van der Waals surface area contributed by atoms with Crippen LogP contribution in [0.25, 0.3) is 50.4 Å². The number of nitrogens with one attached hydrogen (secondary N) is 2. The van der Waals surface area contributed by atoms with Gasteiger partial charge in [0, 0.05) is 42.3 Å². The molecule has 0 unspecified atom stereocenters. The standard InChI is InChI=1S/C25H23N9/c1-15-12-34(14-28-15)25-23-21(6-7-27-25)29-24(30-23)22-19-9-17(4-5-20(19)31-32-22)18-8-16(10-26-11-18)13-33(2)3/h4-12,14H,13H2,1-3H3,(H,29,30)(H,31,32). The summed E-state index contributed by atoms with van der Waals surface area (Å²) in [6, 6.07) is 10.4. The third-order valence-electron chi connectivity index (χ3n) is 5.75. The molecule has 1 aromatic carbocycles. The minimum Gasteiger partial charge on any atom is -0.336 e. The van der Waals surface area contributed by atoms with Crippen molar-refractivity contribution in [2.75, 3.05) is 14.1 Å². The lowest BCUT2D eigenvalue weighted by atomic mass is 10.0. The second kappa shape index (κ2) is 7.89. The van der Waals surface area contributed by atoms with Crippen molar-refractivity contribution in [3.63, 3.8) is 0 Å². The van der Waals surface area contributed by atoms with Gasteiger partial charge in [0.15, 0.2) is 11.6 Å². The number of benzene rings is 1. The highest BCUT2D eigenvalue weighted by Crippen LogP contribution is 2.31. The first-order valence-electron chi connectivity index (χ1n) is 11.0. The zero-order valence-corrected chi connectivity index (χ0v) is 19.1. The minimum atomic E-state index is 0.684. The lowest BCUT2D eigenvalue weighted by Crippen LogP contribution is -2.10. The third-order valence-corrected chi connectivity index (χ3v) is 5.75. The Balaban J connectivity index is 1.45. The number of hydrogen-bond acceptors (Lipinski definition) is 6. The van der Waals surface area contributed by atoms with Crippen molar-refractivity contribution < 1.29 is 0 Å². The second-order valence-electron chi connectivity index (χ2n) is 8.69. The molecule has 0 fully saturated rings. The van der Waals surface area contributed by atoms with E-state index in [-0.39, 0.29) is 0 Å². The number of aryl methyl sites for hydroxylation is 1. The maximum atomic E-state index is 4.87. The van der Waals surface area contributed by atoms with Crippen LogP contribution in [0.2, 0.25) is 0 Å². The van der Waals surface area contributed by atoms with Crippen LogP contribution >= 0.6 is 0 Å². The van der Waals surface area contributed by atoms with E-state index in [0.29, 0.717) is 5.82 Å². The monoisotopic (exact) mass is 449 g/mol. The number of imidazole rings is 2. The van der Waals surface area contributed by atoms with Crippen LogP contribution < -0.4 is 0 Å². The van der Waals surface area contributed by atoms with E-state index in [1.165, 1.54) is 5.56 Å². The topological polar surface area (TPSA) is 104 Å². The zero-order chi connectivity index (χ0) is 23.2. The predicted molar refractivity (Wildman–Crippen MR) is 131 cm³/mol. The summed E-state index contributed by atoms with van der Waals surface area (Å²) >= 11 is 0. The summed E-state index contributed by atoms with van der Waals surface area (Å²) in [7, 11) is 4.11. The molecule has 9 nitrogen and oxygen atoms in total. The van der Waals surface area contributed by atoms with E-state index in [4.69, 9.17) is 4.98 Å². The van der Waals surface area contributed by atoms with Crippen LogP contribution in [0.1, 0.15) is 11.3 Å². The normalized spacial score (nSPS) is 11.8. The number of pyridine rings is 2. The fourth-order valence-electron chi connectivity index (χ4n) is 4.23. The van der Waals surface area contributed by atoms with Gasteiger partial charge < -0.3 is 9.88 Å². The number of aromatic amines is 2. The largest absolute Gasteiger partial charge is 0.336 e. The summed E-state index contributed by atoms with van der Waals surface area (Å²) in [5.74, 6) is 1.41. The quantitative estimate of drug-likeness (QED) is 0.410. The van der Waals surface area contributed by atoms with Gasteiger partial charge >= 0.3 is 0 Å². The molecular formula is C25H23N9. The third kappa shape index (κ3) is 3.52. The number of aromatic nitrogens is 8. The van der Waals surface area contributed by atoms with Crippen LogP contribution in [-0.2, 0) is 6.54 Å². The first kappa shape index (κ1) is 20.3. The molecule has 6 aromatic rings. The zero-order valence-electron chi connectivity index (χ0n) is 19.1. The predicted octanol–water partition coefficient (Wildman–Crippen LogP) is 4.12. The lowest BCUT2D eigenvalue weighted by Gasteiger charge is -2.10. The van der Waals surface area contributed by atoms with Gasteiger partial charge in [-0.1, -0.05) is 6.07 Å². The number of nitrogens with zero attached hydrogens (tertiary/aromatic N) is 7. The molecule has 168 valence electrons. The van der Waals surface area contributed by atoms with Crippen molar-refractivity contribution >= 4 is 21.9 Å². The average molecular weight is 450 g/mol. The molecule has 5 aromatic heterocycles. The van der Waals surface area contributed by atoms with E-state index in [0.717, 1.165) is 56.8 Å². The summed E-state index contributed by atoms with van der Waals surface area (Å²) in [6.07, 6.45) is 9.26. The van der Waals surface area contributed by atoms with Gasteiger partial charge in [0.05, 0.1) is 16.7 Å². The molecule has 34 heavy (non-hydrogen) atoms. The smallest absolute Gasteiger partial charge is 0.166 e. The van der Waals surface area contributed by atoms with Gasteiger partial charge in [0.2, 0.25) is 0 Å². The van der Waals surface area contributed by atoms with Gasteiger partial charge in [0.25, 0.3) is 0 Å². The van der Waals surface area contributed by atoms with Crippen molar-refractivity contribution in [2.24, 2.45) is 0 Å². The number of H-pyrrole nitrogens is 2. The molecule has 0 spiro atoms. The maximum Gasteiger partial charge on any atom is 0.166 e. The number of fused-ring (bicyclic) bond motifs is 2. The molecule has 0 bridgehead atoms. The molecule has 0 radical (unpaired) electrons. The molecule has 0 atom stereocenters. The van der Waals surface area contributed by atoms with E-state index in [2.05, 4.69) is 67.3 Å². The fourth-order valence-corrected chi connectivity index (χ4v) is 4.23. The molecular weight excluding hydrogens is 426 g/mol. The van der Waals surface area contributed by atoms with Crippen LogP contribution in [0.3, 0.4) is 0 Å². The molecule has 0 amide bonds. The highest BCUT2D eigenvalue weighted by molar-refractivity contribution is 5.96. The van der Waals surface area contributed by atoms with Crippen molar-refractivity contribution in [1.82, 2.24) is 44.6 Å². The lowest BCUT2D eigenvalue weighted by molar-refractivity contribution is 0.402. The van der Waals surface area contributed by atoms with E-state index in [1.54, 1.807) is 12.5 Å². The van der Waals surface area contributed by atoms with Gasteiger partial charge in [-0.25, -0.2) is 15.0 Å². The van der Waals surface area contributed by atoms with Crippen LogP contribution in [0.5, 0.6) is 0 Å². The molecule has 0 aliphatic rings. The molecule has 0 aliphatic heterocycles. The molecule has 0 saturated heterocycles. The van der Waals surface area contributed by atoms with E-state index in [9.17, 15) is 0 Å². The van der Waals surface area contributed by atoms with Crippen LogP contribution in [0.15, 0.2) is 61.4 Å². The average Bonchev–Trinajstić information content (AvgIpc) is 3.55.